The van der Waals surface area contributed by atoms with E-state index in [0.29, 0.717) is 11.6 Å². The van der Waals surface area contributed by atoms with Gasteiger partial charge < -0.3 is 4.57 Å². The molecule has 0 aliphatic heterocycles. The monoisotopic (exact) mass is 345 g/mol. The van der Waals surface area contributed by atoms with E-state index >= 15 is 0 Å². The summed E-state index contributed by atoms with van der Waals surface area (Å²) in [7, 11) is 0. The van der Waals surface area contributed by atoms with E-state index in [9.17, 15) is 4.79 Å². The number of hydrogen-bond donors (Lipinski definition) is 0. The molecule has 0 bridgehead atoms. The minimum absolute atomic E-state index is 0.0162. The third-order valence-electron chi connectivity index (χ3n) is 4.34. The first-order valence-corrected chi connectivity index (χ1v) is 8.52. The highest BCUT2D eigenvalue weighted by molar-refractivity contribution is 6.31. The molecule has 0 saturated carbocycles. The Bertz CT molecular complexity index is 1090. The molecule has 0 radical (unpaired) electrons. The zero-order valence-corrected chi connectivity index (χ0v) is 14.3. The molecule has 0 fully saturated rings. The van der Waals surface area contributed by atoms with Crippen LogP contribution in [0.5, 0.6) is 0 Å². The molecule has 4 aromatic rings. The second-order valence-electron chi connectivity index (χ2n) is 6.00. The molecule has 1 aromatic heterocycles. The van der Waals surface area contributed by atoms with Crippen LogP contribution in [0.3, 0.4) is 0 Å². The lowest BCUT2D eigenvalue weighted by Crippen LogP contribution is -2.20. The van der Waals surface area contributed by atoms with Gasteiger partial charge in [-0.3, -0.25) is 4.79 Å². The maximum Gasteiger partial charge on any atom is 0.251 e. The summed E-state index contributed by atoms with van der Waals surface area (Å²) in [6.07, 6.45) is 0. The Kier molecular flexibility index (Phi) is 4.12. The summed E-state index contributed by atoms with van der Waals surface area (Å²) in [5.74, 6) is 0. The Balaban J connectivity index is 1.97. The van der Waals surface area contributed by atoms with Crippen molar-refractivity contribution in [3.63, 3.8) is 0 Å². The van der Waals surface area contributed by atoms with Gasteiger partial charge >= 0.3 is 0 Å². The van der Waals surface area contributed by atoms with Gasteiger partial charge in [-0.2, -0.15) is 0 Å². The Morgan fingerprint density at radius 3 is 2.20 bits per heavy atom. The van der Waals surface area contributed by atoms with Crippen LogP contribution in [0, 0.1) is 0 Å². The van der Waals surface area contributed by atoms with Crippen LogP contribution in [-0.4, -0.2) is 4.57 Å². The van der Waals surface area contributed by atoms with Crippen molar-refractivity contribution in [1.82, 2.24) is 4.57 Å². The van der Waals surface area contributed by atoms with Crippen LogP contribution < -0.4 is 5.56 Å². The van der Waals surface area contributed by atoms with Crippen LogP contribution in [-0.2, 0) is 6.54 Å². The first-order chi connectivity index (χ1) is 12.2. The summed E-state index contributed by atoms with van der Waals surface area (Å²) in [4.78, 5) is 12.8. The zero-order chi connectivity index (χ0) is 17.2. The standard InChI is InChI=1S/C22H16ClNO/c23-18-11-12-21-20(13-18)19(17-9-5-2-6-10-17)14-22(25)24(21)15-16-7-3-1-4-8-16/h1-14H,15H2. The molecule has 3 heteroatoms. The van der Waals surface area contributed by atoms with Gasteiger partial charge in [-0.15, -0.1) is 0 Å². The molecule has 0 saturated heterocycles. The lowest BCUT2D eigenvalue weighted by atomic mass is 10.0. The highest BCUT2D eigenvalue weighted by Gasteiger charge is 2.11. The van der Waals surface area contributed by atoms with Gasteiger partial charge in [0.05, 0.1) is 12.1 Å². The molecule has 0 aliphatic carbocycles. The number of halogens is 1. The number of rotatable bonds is 3. The lowest BCUT2D eigenvalue weighted by Gasteiger charge is -2.14. The number of pyridine rings is 1. The third kappa shape index (κ3) is 3.09. The van der Waals surface area contributed by atoms with E-state index in [-0.39, 0.29) is 5.56 Å². The molecule has 0 N–H and O–H groups in total. The van der Waals surface area contributed by atoms with E-state index < -0.39 is 0 Å². The van der Waals surface area contributed by atoms with Gasteiger partial charge in [0.25, 0.3) is 5.56 Å². The van der Waals surface area contributed by atoms with Crippen LogP contribution in [0.25, 0.3) is 22.0 Å². The van der Waals surface area contributed by atoms with Gasteiger partial charge in [0.1, 0.15) is 0 Å². The van der Waals surface area contributed by atoms with Gasteiger partial charge in [0, 0.05) is 16.5 Å². The Hall–Kier alpha value is -2.84. The van der Waals surface area contributed by atoms with Gasteiger partial charge in [0.15, 0.2) is 0 Å². The Labute approximate surface area is 150 Å². The summed E-state index contributed by atoms with van der Waals surface area (Å²) in [6.45, 7) is 0.535. The molecule has 1 heterocycles. The summed E-state index contributed by atoms with van der Waals surface area (Å²) in [6, 6.07) is 27.3. The minimum atomic E-state index is -0.0162. The molecular formula is C22H16ClNO. The highest BCUT2D eigenvalue weighted by atomic mass is 35.5. The predicted molar refractivity (Wildman–Crippen MR) is 104 cm³/mol. The largest absolute Gasteiger partial charge is 0.304 e. The molecule has 0 aliphatic rings. The summed E-state index contributed by atoms with van der Waals surface area (Å²) >= 11 is 6.24. The van der Waals surface area contributed by atoms with Crippen LogP contribution in [0.15, 0.2) is 89.7 Å². The molecular weight excluding hydrogens is 330 g/mol. The van der Waals surface area contributed by atoms with Gasteiger partial charge in [-0.25, -0.2) is 0 Å². The van der Waals surface area contributed by atoms with Crippen LogP contribution in [0.2, 0.25) is 5.02 Å². The molecule has 4 rings (SSSR count). The summed E-state index contributed by atoms with van der Waals surface area (Å²) in [5, 5.41) is 1.64. The van der Waals surface area contributed by atoms with E-state index in [2.05, 4.69) is 0 Å². The number of hydrogen-bond acceptors (Lipinski definition) is 1. The fourth-order valence-corrected chi connectivity index (χ4v) is 3.31. The number of benzene rings is 3. The average molecular weight is 346 g/mol. The Morgan fingerprint density at radius 1 is 0.800 bits per heavy atom. The topological polar surface area (TPSA) is 22.0 Å². The summed E-state index contributed by atoms with van der Waals surface area (Å²) < 4.78 is 1.80. The Morgan fingerprint density at radius 2 is 1.48 bits per heavy atom. The lowest BCUT2D eigenvalue weighted by molar-refractivity contribution is 0.795. The first kappa shape index (κ1) is 15.7. The van der Waals surface area contributed by atoms with Crippen molar-refractivity contribution < 1.29 is 0 Å². The van der Waals surface area contributed by atoms with E-state index in [1.165, 1.54) is 0 Å². The average Bonchev–Trinajstić information content (AvgIpc) is 2.65. The molecule has 0 unspecified atom stereocenters. The maximum atomic E-state index is 12.8. The molecule has 25 heavy (non-hydrogen) atoms. The molecule has 3 aromatic carbocycles. The van der Waals surface area contributed by atoms with E-state index in [1.54, 1.807) is 10.6 Å². The molecule has 0 amide bonds. The fraction of sp³-hybridized carbons (Fsp3) is 0.0455. The van der Waals surface area contributed by atoms with Gasteiger partial charge in [0.2, 0.25) is 0 Å². The van der Waals surface area contributed by atoms with Gasteiger partial charge in [-0.05, 0) is 34.9 Å². The van der Waals surface area contributed by atoms with Crippen LogP contribution >= 0.6 is 11.6 Å². The second kappa shape index (κ2) is 6.58. The van der Waals surface area contributed by atoms with Crippen molar-refractivity contribution in [2.45, 2.75) is 6.54 Å². The van der Waals surface area contributed by atoms with Crippen molar-refractivity contribution in [2.75, 3.05) is 0 Å². The van der Waals surface area contributed by atoms with E-state index in [1.807, 2.05) is 78.9 Å². The van der Waals surface area contributed by atoms with Crippen LogP contribution in [0.1, 0.15) is 5.56 Å². The van der Waals surface area contributed by atoms with E-state index in [4.69, 9.17) is 11.6 Å². The number of fused-ring (bicyclic) bond motifs is 1. The molecule has 122 valence electrons. The maximum absolute atomic E-state index is 12.8. The number of nitrogens with zero attached hydrogens (tertiary/aromatic N) is 1. The van der Waals surface area contributed by atoms with Crippen molar-refractivity contribution in [3.05, 3.63) is 106 Å². The smallest absolute Gasteiger partial charge is 0.251 e. The molecule has 2 nitrogen and oxygen atoms in total. The normalized spacial score (nSPS) is 10.9. The van der Waals surface area contributed by atoms with E-state index in [0.717, 1.165) is 27.6 Å². The molecule has 0 atom stereocenters. The van der Waals surface area contributed by atoms with Gasteiger partial charge in [-0.1, -0.05) is 72.3 Å². The fourth-order valence-electron chi connectivity index (χ4n) is 3.14. The minimum Gasteiger partial charge on any atom is -0.304 e. The zero-order valence-electron chi connectivity index (χ0n) is 13.5. The third-order valence-corrected chi connectivity index (χ3v) is 4.58. The molecule has 0 spiro atoms. The first-order valence-electron chi connectivity index (χ1n) is 8.15. The van der Waals surface area contributed by atoms with Crippen molar-refractivity contribution in [2.24, 2.45) is 0 Å². The second-order valence-corrected chi connectivity index (χ2v) is 6.43. The quantitative estimate of drug-likeness (QED) is 0.489. The summed E-state index contributed by atoms with van der Waals surface area (Å²) in [5.41, 5.74) is 3.89. The highest BCUT2D eigenvalue weighted by Crippen LogP contribution is 2.29. The number of aromatic nitrogens is 1. The van der Waals surface area contributed by atoms with Crippen molar-refractivity contribution >= 4 is 22.5 Å². The van der Waals surface area contributed by atoms with Crippen molar-refractivity contribution in [3.8, 4) is 11.1 Å². The van der Waals surface area contributed by atoms with Crippen LogP contribution in [0.4, 0.5) is 0 Å². The van der Waals surface area contributed by atoms with Crippen molar-refractivity contribution in [1.29, 1.82) is 0 Å². The SMILES string of the molecule is O=c1cc(-c2ccccc2)c2cc(Cl)ccc2n1Cc1ccccc1. The predicted octanol–water partition coefficient (Wildman–Crippen LogP) is 5.37.